The van der Waals surface area contributed by atoms with Crippen LogP contribution >= 0.6 is 0 Å². The predicted molar refractivity (Wildman–Crippen MR) is 137 cm³/mol. The molecule has 0 saturated carbocycles. The van der Waals surface area contributed by atoms with Crippen molar-refractivity contribution >= 4 is 18.0 Å². The summed E-state index contributed by atoms with van der Waals surface area (Å²) < 4.78 is 11.4. The Labute approximate surface area is 206 Å². The molecular weight excluding hydrogens is 442 g/mol. The van der Waals surface area contributed by atoms with Crippen molar-refractivity contribution in [3.05, 3.63) is 95.1 Å². The molecule has 2 amide bonds. The molecule has 35 heavy (non-hydrogen) atoms. The number of carbonyl (C=O) groups is 2. The van der Waals surface area contributed by atoms with Gasteiger partial charge in [0.05, 0.1) is 13.3 Å². The molecule has 3 aromatic carbocycles. The van der Waals surface area contributed by atoms with Gasteiger partial charge in [0.15, 0.2) is 11.5 Å². The molecule has 0 aromatic heterocycles. The number of hydrogen-bond donors (Lipinski definition) is 2. The molecule has 0 aliphatic rings. The first-order valence-electron chi connectivity index (χ1n) is 11.4. The average molecular weight is 474 g/mol. The van der Waals surface area contributed by atoms with Gasteiger partial charge in [-0.2, -0.15) is 5.10 Å². The third-order valence-corrected chi connectivity index (χ3v) is 5.36. The Morgan fingerprint density at radius 1 is 0.971 bits per heavy atom. The lowest BCUT2D eigenvalue weighted by atomic mass is 10.0. The van der Waals surface area contributed by atoms with Crippen molar-refractivity contribution in [1.82, 2.24) is 10.7 Å². The van der Waals surface area contributed by atoms with E-state index in [4.69, 9.17) is 9.47 Å². The van der Waals surface area contributed by atoms with E-state index in [9.17, 15) is 9.59 Å². The van der Waals surface area contributed by atoms with Crippen molar-refractivity contribution in [3.8, 4) is 11.5 Å². The lowest BCUT2D eigenvalue weighted by molar-refractivity contribution is -0.123. The topological polar surface area (TPSA) is 89.0 Å². The maximum Gasteiger partial charge on any atom is 0.262 e. The number of benzene rings is 3. The van der Waals surface area contributed by atoms with E-state index in [0.29, 0.717) is 23.7 Å². The number of carbonyl (C=O) groups excluding carboxylic acids is 2. The number of nitrogens with zero attached hydrogens (tertiary/aromatic N) is 1. The van der Waals surface area contributed by atoms with Crippen LogP contribution in [0.15, 0.2) is 77.9 Å². The minimum absolute atomic E-state index is 0.122. The predicted octanol–water partition coefficient (Wildman–Crippen LogP) is 4.49. The molecule has 7 nitrogen and oxygen atoms in total. The van der Waals surface area contributed by atoms with E-state index in [2.05, 4.69) is 15.8 Å². The van der Waals surface area contributed by atoms with Crippen LogP contribution < -0.4 is 20.2 Å². The van der Waals surface area contributed by atoms with Crippen molar-refractivity contribution in [3.63, 3.8) is 0 Å². The van der Waals surface area contributed by atoms with Crippen LogP contribution in [0.3, 0.4) is 0 Å². The summed E-state index contributed by atoms with van der Waals surface area (Å²) in [5, 5.41) is 6.84. The van der Waals surface area contributed by atoms with E-state index in [-0.39, 0.29) is 11.8 Å². The van der Waals surface area contributed by atoms with Gasteiger partial charge in [-0.05, 0) is 54.3 Å². The van der Waals surface area contributed by atoms with Gasteiger partial charge >= 0.3 is 0 Å². The van der Waals surface area contributed by atoms with E-state index < -0.39 is 11.9 Å². The van der Waals surface area contributed by atoms with Gasteiger partial charge in [-0.3, -0.25) is 9.59 Å². The largest absolute Gasteiger partial charge is 0.493 e. The maximum absolute atomic E-state index is 12.7. The average Bonchev–Trinajstić information content (AvgIpc) is 2.87. The fourth-order valence-electron chi connectivity index (χ4n) is 3.32. The van der Waals surface area contributed by atoms with Crippen LogP contribution in [-0.2, 0) is 11.4 Å². The molecule has 0 bridgehead atoms. The van der Waals surface area contributed by atoms with Crippen LogP contribution in [0.5, 0.6) is 11.5 Å². The van der Waals surface area contributed by atoms with Crippen molar-refractivity contribution < 1.29 is 19.1 Å². The van der Waals surface area contributed by atoms with Crippen LogP contribution in [0.2, 0.25) is 0 Å². The molecule has 0 fully saturated rings. The molecule has 0 saturated heterocycles. The molecule has 3 aromatic rings. The summed E-state index contributed by atoms with van der Waals surface area (Å²) in [5.74, 6) is 0.336. The number of nitrogens with one attached hydrogen (secondary N) is 2. The second-order valence-electron chi connectivity index (χ2n) is 8.48. The highest BCUT2D eigenvalue weighted by molar-refractivity contribution is 5.97. The summed E-state index contributed by atoms with van der Waals surface area (Å²) in [6.07, 6.45) is 1.51. The number of ether oxygens (including phenoxy) is 2. The summed E-state index contributed by atoms with van der Waals surface area (Å²) in [5.41, 5.74) is 5.98. The lowest BCUT2D eigenvalue weighted by Crippen LogP contribution is -2.48. The normalized spacial score (nSPS) is 11.8. The smallest absolute Gasteiger partial charge is 0.262 e. The van der Waals surface area contributed by atoms with Crippen molar-refractivity contribution in [2.45, 2.75) is 33.4 Å². The van der Waals surface area contributed by atoms with E-state index in [0.717, 1.165) is 11.1 Å². The highest BCUT2D eigenvalue weighted by atomic mass is 16.5. The van der Waals surface area contributed by atoms with Crippen LogP contribution in [-0.4, -0.2) is 31.2 Å². The second-order valence-corrected chi connectivity index (χ2v) is 8.48. The highest BCUT2D eigenvalue weighted by Crippen LogP contribution is 2.28. The number of hydrazone groups is 1. The standard InChI is InChI=1S/C28H31N3O4/c1-19(2)26(30-27(32)23-8-6-5-7-9-23)28(33)31-29-17-22-14-15-24(25(16-22)34-4)35-18-21-12-10-20(3)11-13-21/h5-17,19,26H,18H2,1-4H3,(H,30,32)(H,31,33)/b29-17+. The molecule has 182 valence electrons. The number of rotatable bonds is 10. The molecule has 2 N–H and O–H groups in total. The molecule has 1 atom stereocenters. The maximum atomic E-state index is 12.7. The molecule has 1 unspecified atom stereocenters. The van der Waals surface area contributed by atoms with Crippen molar-refractivity contribution in [2.24, 2.45) is 11.0 Å². The minimum atomic E-state index is -0.730. The first-order valence-corrected chi connectivity index (χ1v) is 11.4. The fraction of sp³-hybridized carbons (Fsp3) is 0.250. The Bertz CT molecular complexity index is 1160. The van der Waals surface area contributed by atoms with E-state index in [1.807, 2.05) is 57.2 Å². The third kappa shape index (κ3) is 7.43. The Morgan fingerprint density at radius 3 is 2.34 bits per heavy atom. The monoisotopic (exact) mass is 473 g/mol. The van der Waals surface area contributed by atoms with Gasteiger partial charge in [0, 0.05) is 5.56 Å². The van der Waals surface area contributed by atoms with Crippen LogP contribution in [0.25, 0.3) is 0 Å². The zero-order valence-corrected chi connectivity index (χ0v) is 20.4. The van der Waals surface area contributed by atoms with Gasteiger partial charge < -0.3 is 14.8 Å². The minimum Gasteiger partial charge on any atom is -0.493 e. The highest BCUT2D eigenvalue weighted by Gasteiger charge is 2.24. The van der Waals surface area contributed by atoms with Gasteiger partial charge in [0.1, 0.15) is 12.6 Å². The van der Waals surface area contributed by atoms with Gasteiger partial charge in [-0.15, -0.1) is 0 Å². The molecule has 0 aliphatic carbocycles. The van der Waals surface area contributed by atoms with E-state index >= 15 is 0 Å². The molecule has 0 aliphatic heterocycles. The third-order valence-electron chi connectivity index (χ3n) is 5.36. The first-order chi connectivity index (χ1) is 16.9. The SMILES string of the molecule is COc1cc(/C=N/NC(=O)C(NC(=O)c2ccccc2)C(C)C)ccc1OCc1ccc(C)cc1. The molecule has 3 rings (SSSR count). The summed E-state index contributed by atoms with van der Waals surface area (Å²) in [4.78, 5) is 25.1. The Kier molecular flexibility index (Phi) is 9.01. The van der Waals surface area contributed by atoms with Crippen LogP contribution in [0.4, 0.5) is 0 Å². The zero-order chi connectivity index (χ0) is 25.2. The summed E-state index contributed by atoms with van der Waals surface area (Å²) >= 11 is 0. The molecule has 0 spiro atoms. The van der Waals surface area contributed by atoms with Gasteiger partial charge in [-0.25, -0.2) is 5.43 Å². The lowest BCUT2D eigenvalue weighted by Gasteiger charge is -2.20. The summed E-state index contributed by atoms with van der Waals surface area (Å²) in [7, 11) is 1.57. The second kappa shape index (κ2) is 12.4. The molecule has 0 radical (unpaired) electrons. The number of hydrogen-bond acceptors (Lipinski definition) is 5. The Balaban J connectivity index is 1.60. The molecular formula is C28H31N3O4. The molecule has 0 heterocycles. The Hall–Kier alpha value is -4.13. The van der Waals surface area contributed by atoms with Gasteiger partial charge in [-0.1, -0.05) is 61.9 Å². The van der Waals surface area contributed by atoms with E-state index in [1.54, 1.807) is 43.5 Å². The first kappa shape index (κ1) is 25.5. The van der Waals surface area contributed by atoms with Crippen LogP contribution in [0.1, 0.15) is 40.9 Å². The van der Waals surface area contributed by atoms with Gasteiger partial charge in [0.2, 0.25) is 0 Å². The fourth-order valence-corrected chi connectivity index (χ4v) is 3.32. The van der Waals surface area contributed by atoms with Crippen LogP contribution in [0, 0.1) is 12.8 Å². The Morgan fingerprint density at radius 2 is 1.69 bits per heavy atom. The summed E-state index contributed by atoms with van der Waals surface area (Å²) in [6, 6.07) is 21.6. The number of methoxy groups -OCH3 is 1. The van der Waals surface area contributed by atoms with Crippen molar-refractivity contribution in [1.29, 1.82) is 0 Å². The number of amides is 2. The number of aryl methyl sites for hydroxylation is 1. The summed E-state index contributed by atoms with van der Waals surface area (Å²) in [6.45, 7) is 6.18. The zero-order valence-electron chi connectivity index (χ0n) is 20.4. The molecule has 7 heteroatoms. The van der Waals surface area contributed by atoms with E-state index in [1.165, 1.54) is 11.8 Å². The quantitative estimate of drug-likeness (QED) is 0.335. The van der Waals surface area contributed by atoms with Gasteiger partial charge in [0.25, 0.3) is 11.8 Å². The van der Waals surface area contributed by atoms with Crippen molar-refractivity contribution in [2.75, 3.05) is 7.11 Å².